The van der Waals surface area contributed by atoms with Crippen molar-refractivity contribution in [1.82, 2.24) is 10.4 Å². The molecule has 0 bridgehead atoms. The summed E-state index contributed by atoms with van der Waals surface area (Å²) in [5, 5.41) is 12.6. The minimum Gasteiger partial charge on any atom is -0.389 e. The van der Waals surface area contributed by atoms with Gasteiger partial charge in [0, 0.05) is 5.75 Å². The SMILES string of the molecule is O=C1NC(C(=O)N2CC(O)CO2)CS1. The molecular weight excluding hydrogens is 208 g/mol. The van der Waals surface area contributed by atoms with Gasteiger partial charge in [-0.15, -0.1) is 0 Å². The summed E-state index contributed by atoms with van der Waals surface area (Å²) < 4.78 is 0. The van der Waals surface area contributed by atoms with Crippen LogP contribution in [0.3, 0.4) is 0 Å². The molecule has 7 heteroatoms. The zero-order valence-corrected chi connectivity index (χ0v) is 8.12. The van der Waals surface area contributed by atoms with E-state index in [0.29, 0.717) is 5.75 Å². The Kier molecular flexibility index (Phi) is 2.62. The van der Waals surface area contributed by atoms with Crippen LogP contribution in [0.5, 0.6) is 0 Å². The van der Waals surface area contributed by atoms with Gasteiger partial charge < -0.3 is 10.4 Å². The Morgan fingerprint density at radius 2 is 2.50 bits per heavy atom. The van der Waals surface area contributed by atoms with Crippen LogP contribution in [0.2, 0.25) is 0 Å². The highest BCUT2D eigenvalue weighted by molar-refractivity contribution is 8.14. The van der Waals surface area contributed by atoms with Gasteiger partial charge in [0.1, 0.15) is 18.8 Å². The highest BCUT2D eigenvalue weighted by Crippen LogP contribution is 2.16. The van der Waals surface area contributed by atoms with Crippen LogP contribution in [0.15, 0.2) is 0 Å². The van der Waals surface area contributed by atoms with Crippen molar-refractivity contribution in [3.8, 4) is 0 Å². The highest BCUT2D eigenvalue weighted by Gasteiger charge is 2.35. The molecule has 2 saturated heterocycles. The molecule has 2 N–H and O–H groups in total. The molecule has 0 radical (unpaired) electrons. The first-order valence-corrected chi connectivity index (χ1v) is 5.21. The fourth-order valence-corrected chi connectivity index (χ4v) is 2.09. The predicted octanol–water partition coefficient (Wildman–Crippen LogP) is -1.05. The Hall–Kier alpha value is -0.790. The summed E-state index contributed by atoms with van der Waals surface area (Å²) in [5.74, 6) is 0.132. The summed E-state index contributed by atoms with van der Waals surface area (Å²) in [4.78, 5) is 27.4. The molecule has 2 aliphatic heterocycles. The number of hydrogen-bond acceptors (Lipinski definition) is 5. The van der Waals surface area contributed by atoms with E-state index in [0.717, 1.165) is 16.8 Å². The second-order valence-corrected chi connectivity index (χ2v) is 4.14. The Balaban J connectivity index is 1.92. The number of amides is 2. The lowest BCUT2D eigenvalue weighted by Crippen LogP contribution is -2.44. The normalized spacial score (nSPS) is 32.1. The van der Waals surface area contributed by atoms with E-state index in [-0.39, 0.29) is 24.3 Å². The Labute approximate surface area is 84.5 Å². The van der Waals surface area contributed by atoms with E-state index in [2.05, 4.69) is 5.32 Å². The van der Waals surface area contributed by atoms with Crippen molar-refractivity contribution < 1.29 is 19.5 Å². The number of β-amino-alcohol motifs (C(OH)–C–C–N with tert-alkyl or cyclic N) is 1. The molecule has 0 saturated carbocycles. The van der Waals surface area contributed by atoms with Crippen LogP contribution in [0.25, 0.3) is 0 Å². The third-order valence-corrected chi connectivity index (χ3v) is 2.90. The van der Waals surface area contributed by atoms with E-state index < -0.39 is 12.1 Å². The molecule has 2 rings (SSSR count). The van der Waals surface area contributed by atoms with Crippen LogP contribution < -0.4 is 5.32 Å². The number of carbonyl (C=O) groups is 2. The number of thioether (sulfide) groups is 1. The van der Waals surface area contributed by atoms with Crippen molar-refractivity contribution in [3.63, 3.8) is 0 Å². The first kappa shape index (κ1) is 9.75. The van der Waals surface area contributed by atoms with Crippen molar-refractivity contribution in [2.45, 2.75) is 12.1 Å². The summed E-state index contributed by atoms with van der Waals surface area (Å²) in [7, 11) is 0. The molecule has 0 spiro atoms. The molecule has 2 atom stereocenters. The standard InChI is InChI=1S/C7H10N2O4S/c10-4-1-9(13-2-4)6(11)5-3-14-7(12)8-5/h4-5,10H,1-3H2,(H,8,12). The lowest BCUT2D eigenvalue weighted by atomic mass is 10.3. The van der Waals surface area contributed by atoms with E-state index in [1.54, 1.807) is 0 Å². The molecule has 2 unspecified atom stereocenters. The van der Waals surface area contributed by atoms with E-state index >= 15 is 0 Å². The molecule has 2 heterocycles. The zero-order valence-electron chi connectivity index (χ0n) is 7.30. The molecule has 2 aliphatic rings. The maximum atomic E-state index is 11.6. The number of aliphatic hydroxyl groups is 1. The van der Waals surface area contributed by atoms with Gasteiger partial charge in [-0.25, -0.2) is 5.06 Å². The molecule has 2 fully saturated rings. The number of rotatable bonds is 1. The molecular formula is C7H10N2O4S. The molecule has 0 aromatic rings. The molecule has 0 aromatic carbocycles. The van der Waals surface area contributed by atoms with Crippen LogP contribution in [0.4, 0.5) is 4.79 Å². The summed E-state index contributed by atoms with van der Waals surface area (Å²) in [6.45, 7) is 0.315. The van der Waals surface area contributed by atoms with Gasteiger partial charge in [0.05, 0.1) is 6.54 Å². The monoisotopic (exact) mass is 218 g/mol. The van der Waals surface area contributed by atoms with Gasteiger partial charge in [-0.2, -0.15) is 0 Å². The van der Waals surface area contributed by atoms with Gasteiger partial charge in [-0.1, -0.05) is 11.8 Å². The van der Waals surface area contributed by atoms with Crippen molar-refractivity contribution in [3.05, 3.63) is 0 Å². The van der Waals surface area contributed by atoms with Gasteiger partial charge in [0.15, 0.2) is 0 Å². The topological polar surface area (TPSA) is 78.9 Å². The van der Waals surface area contributed by atoms with Crippen LogP contribution in [0, 0.1) is 0 Å². The van der Waals surface area contributed by atoms with Crippen LogP contribution in [-0.4, -0.2) is 52.4 Å². The predicted molar refractivity (Wildman–Crippen MR) is 48.4 cm³/mol. The molecule has 14 heavy (non-hydrogen) atoms. The Morgan fingerprint density at radius 1 is 1.71 bits per heavy atom. The highest BCUT2D eigenvalue weighted by atomic mass is 32.2. The van der Waals surface area contributed by atoms with Crippen molar-refractivity contribution in [2.24, 2.45) is 0 Å². The number of nitrogens with zero attached hydrogens (tertiary/aromatic N) is 1. The van der Waals surface area contributed by atoms with Crippen LogP contribution >= 0.6 is 11.8 Å². The largest absolute Gasteiger partial charge is 0.389 e. The number of hydroxylamine groups is 2. The number of aliphatic hydroxyl groups excluding tert-OH is 1. The summed E-state index contributed by atoms with van der Waals surface area (Å²) >= 11 is 1.08. The van der Waals surface area contributed by atoms with E-state index in [1.807, 2.05) is 0 Å². The number of hydrogen-bond donors (Lipinski definition) is 2. The Bertz CT molecular complexity index is 272. The first-order valence-electron chi connectivity index (χ1n) is 4.22. The number of nitrogens with one attached hydrogen (secondary N) is 1. The van der Waals surface area contributed by atoms with Gasteiger partial charge in [-0.05, 0) is 0 Å². The second-order valence-electron chi connectivity index (χ2n) is 3.14. The van der Waals surface area contributed by atoms with Gasteiger partial charge in [0.2, 0.25) is 0 Å². The maximum absolute atomic E-state index is 11.6. The van der Waals surface area contributed by atoms with Gasteiger partial charge in [-0.3, -0.25) is 14.4 Å². The molecule has 0 aliphatic carbocycles. The first-order chi connectivity index (χ1) is 6.66. The fraction of sp³-hybridized carbons (Fsp3) is 0.714. The number of carbonyl (C=O) groups excluding carboxylic acids is 2. The molecule has 2 amide bonds. The molecule has 6 nitrogen and oxygen atoms in total. The maximum Gasteiger partial charge on any atom is 0.279 e. The smallest absolute Gasteiger partial charge is 0.279 e. The van der Waals surface area contributed by atoms with E-state index in [9.17, 15) is 9.59 Å². The quantitative estimate of drug-likeness (QED) is 0.587. The van der Waals surface area contributed by atoms with Crippen molar-refractivity contribution in [2.75, 3.05) is 18.9 Å². The van der Waals surface area contributed by atoms with Crippen LogP contribution in [-0.2, 0) is 9.63 Å². The molecule has 78 valence electrons. The van der Waals surface area contributed by atoms with Gasteiger partial charge in [0.25, 0.3) is 11.1 Å². The van der Waals surface area contributed by atoms with E-state index in [4.69, 9.17) is 9.94 Å². The average Bonchev–Trinajstić information content (AvgIpc) is 2.73. The third kappa shape index (κ3) is 1.84. The molecule has 0 aromatic heterocycles. The Morgan fingerprint density at radius 3 is 3.00 bits per heavy atom. The van der Waals surface area contributed by atoms with Crippen LogP contribution in [0.1, 0.15) is 0 Å². The summed E-state index contributed by atoms with van der Waals surface area (Å²) in [5.41, 5.74) is 0. The average molecular weight is 218 g/mol. The fourth-order valence-electron chi connectivity index (χ4n) is 1.32. The zero-order chi connectivity index (χ0) is 10.1. The second kappa shape index (κ2) is 3.76. The third-order valence-electron chi connectivity index (χ3n) is 2.02. The van der Waals surface area contributed by atoms with Gasteiger partial charge >= 0.3 is 0 Å². The van der Waals surface area contributed by atoms with Crippen molar-refractivity contribution in [1.29, 1.82) is 0 Å². The summed E-state index contributed by atoms with van der Waals surface area (Å²) in [6.07, 6.45) is -0.622. The lowest BCUT2D eigenvalue weighted by Gasteiger charge is -2.17. The summed E-state index contributed by atoms with van der Waals surface area (Å²) in [6, 6.07) is -0.516. The van der Waals surface area contributed by atoms with Crippen molar-refractivity contribution >= 4 is 22.9 Å². The lowest BCUT2D eigenvalue weighted by molar-refractivity contribution is -0.170. The minimum atomic E-state index is -0.622. The minimum absolute atomic E-state index is 0.138. The van der Waals surface area contributed by atoms with E-state index in [1.165, 1.54) is 0 Å².